The zero-order chi connectivity index (χ0) is 15.7. The van der Waals surface area contributed by atoms with Gasteiger partial charge in [-0.25, -0.2) is 9.97 Å². The predicted molar refractivity (Wildman–Crippen MR) is 89.0 cm³/mol. The molecule has 0 radical (unpaired) electrons. The van der Waals surface area contributed by atoms with E-state index >= 15 is 0 Å². The van der Waals surface area contributed by atoms with Crippen LogP contribution in [0.15, 0.2) is 12.3 Å². The molecule has 0 saturated heterocycles. The van der Waals surface area contributed by atoms with E-state index in [1.807, 2.05) is 20.0 Å². The highest BCUT2D eigenvalue weighted by Gasteiger charge is 2.25. The Morgan fingerprint density at radius 2 is 1.95 bits per heavy atom. The third-order valence-electron chi connectivity index (χ3n) is 3.70. The van der Waals surface area contributed by atoms with Crippen LogP contribution in [0.5, 0.6) is 0 Å². The van der Waals surface area contributed by atoms with E-state index in [1.54, 1.807) is 0 Å². The fourth-order valence-electron chi connectivity index (χ4n) is 2.67. The highest BCUT2D eigenvalue weighted by atomic mass is 35.5. The second-order valence-corrected chi connectivity index (χ2v) is 7.04. The number of alkyl halides is 1. The van der Waals surface area contributed by atoms with Gasteiger partial charge in [0.15, 0.2) is 5.65 Å². The van der Waals surface area contributed by atoms with Crippen LogP contribution >= 0.6 is 11.6 Å². The SMILES string of the molecule is Cc1cnc2c(c1)nc(C(C)Cl)n2C(CN(C)C)C(C)C. The third kappa shape index (κ3) is 3.38. The van der Waals surface area contributed by atoms with Gasteiger partial charge < -0.3 is 9.47 Å². The Hall–Kier alpha value is -1.13. The first-order valence-electron chi connectivity index (χ1n) is 7.44. The Kier molecular flexibility index (Phi) is 4.89. The Labute approximate surface area is 132 Å². The third-order valence-corrected chi connectivity index (χ3v) is 3.90. The van der Waals surface area contributed by atoms with Gasteiger partial charge in [-0.2, -0.15) is 0 Å². The number of halogens is 1. The number of aromatic nitrogens is 3. The summed E-state index contributed by atoms with van der Waals surface area (Å²) in [6.07, 6.45) is 1.90. The van der Waals surface area contributed by atoms with Crippen molar-refractivity contribution < 1.29 is 0 Å². The second-order valence-electron chi connectivity index (χ2n) is 6.39. The first-order chi connectivity index (χ1) is 9.81. The Balaban J connectivity index is 2.65. The van der Waals surface area contributed by atoms with Crippen LogP contribution in [0.25, 0.3) is 11.2 Å². The Morgan fingerprint density at radius 3 is 2.48 bits per heavy atom. The summed E-state index contributed by atoms with van der Waals surface area (Å²) in [6, 6.07) is 2.38. The zero-order valence-corrected chi connectivity index (χ0v) is 14.5. The highest BCUT2D eigenvalue weighted by Crippen LogP contribution is 2.30. The van der Waals surface area contributed by atoms with Gasteiger partial charge in [-0.15, -0.1) is 11.6 Å². The van der Waals surface area contributed by atoms with Gasteiger partial charge in [-0.3, -0.25) is 0 Å². The molecule has 0 amide bonds. The number of hydrogen-bond acceptors (Lipinski definition) is 3. The summed E-state index contributed by atoms with van der Waals surface area (Å²) in [5, 5.41) is -0.136. The van der Waals surface area contributed by atoms with Crippen molar-refractivity contribution in [1.29, 1.82) is 0 Å². The van der Waals surface area contributed by atoms with Gasteiger partial charge in [0.2, 0.25) is 0 Å². The lowest BCUT2D eigenvalue weighted by atomic mass is 10.0. The largest absolute Gasteiger partial charge is 0.307 e. The quantitative estimate of drug-likeness (QED) is 0.788. The molecule has 0 fully saturated rings. The average molecular weight is 309 g/mol. The zero-order valence-electron chi connectivity index (χ0n) is 13.8. The van der Waals surface area contributed by atoms with Gasteiger partial charge in [-0.1, -0.05) is 13.8 Å². The van der Waals surface area contributed by atoms with E-state index in [4.69, 9.17) is 16.6 Å². The molecule has 0 saturated carbocycles. The topological polar surface area (TPSA) is 34.0 Å². The van der Waals surface area contributed by atoms with Crippen LogP contribution in [0.1, 0.15) is 43.6 Å². The van der Waals surface area contributed by atoms with Gasteiger partial charge in [0, 0.05) is 12.7 Å². The van der Waals surface area contributed by atoms with Crippen molar-refractivity contribution in [2.24, 2.45) is 5.92 Å². The molecule has 0 N–H and O–H groups in total. The molecular formula is C16H25ClN4. The van der Waals surface area contributed by atoms with Crippen LogP contribution in [-0.4, -0.2) is 40.1 Å². The van der Waals surface area contributed by atoms with E-state index in [0.717, 1.165) is 29.1 Å². The maximum Gasteiger partial charge on any atom is 0.160 e. The molecule has 116 valence electrons. The molecule has 4 nitrogen and oxygen atoms in total. The smallest absolute Gasteiger partial charge is 0.160 e. The number of rotatable bonds is 5. The van der Waals surface area contributed by atoms with Gasteiger partial charge in [0.05, 0.1) is 11.4 Å². The lowest BCUT2D eigenvalue weighted by Crippen LogP contribution is -2.29. The molecule has 0 aliphatic heterocycles. The fraction of sp³-hybridized carbons (Fsp3) is 0.625. The van der Waals surface area contributed by atoms with Crippen molar-refractivity contribution in [2.75, 3.05) is 20.6 Å². The van der Waals surface area contributed by atoms with Crippen LogP contribution in [0.2, 0.25) is 0 Å². The summed E-state index contributed by atoms with van der Waals surface area (Å²) in [7, 11) is 4.19. The maximum absolute atomic E-state index is 6.38. The van der Waals surface area contributed by atoms with Crippen LogP contribution in [0, 0.1) is 12.8 Å². The number of pyridine rings is 1. The van der Waals surface area contributed by atoms with E-state index in [9.17, 15) is 0 Å². The van der Waals surface area contributed by atoms with Crippen LogP contribution < -0.4 is 0 Å². The van der Waals surface area contributed by atoms with Crippen LogP contribution in [0.4, 0.5) is 0 Å². The standard InChI is InChI=1S/C16H25ClN4/c1-10(2)14(9-20(5)6)21-15(12(4)17)19-13-7-11(3)8-18-16(13)21/h7-8,10,12,14H,9H2,1-6H3. The Morgan fingerprint density at radius 1 is 1.29 bits per heavy atom. The molecule has 0 bridgehead atoms. The van der Waals surface area contributed by atoms with E-state index in [0.29, 0.717) is 12.0 Å². The summed E-state index contributed by atoms with van der Waals surface area (Å²) < 4.78 is 2.23. The van der Waals surface area contributed by atoms with Gasteiger partial charge in [0.1, 0.15) is 11.3 Å². The number of aryl methyl sites for hydroxylation is 1. The summed E-state index contributed by atoms with van der Waals surface area (Å²) in [5.74, 6) is 1.38. The van der Waals surface area contributed by atoms with Crippen molar-refractivity contribution in [1.82, 2.24) is 19.4 Å². The minimum absolute atomic E-state index is 0.136. The summed E-state index contributed by atoms with van der Waals surface area (Å²) >= 11 is 6.38. The van der Waals surface area contributed by atoms with Crippen molar-refractivity contribution in [3.8, 4) is 0 Å². The lowest BCUT2D eigenvalue weighted by molar-refractivity contribution is 0.268. The molecule has 5 heteroatoms. The molecular weight excluding hydrogens is 284 g/mol. The molecule has 21 heavy (non-hydrogen) atoms. The summed E-state index contributed by atoms with van der Waals surface area (Å²) in [5.41, 5.74) is 2.99. The number of likely N-dealkylation sites (N-methyl/N-ethyl adjacent to an activating group) is 1. The molecule has 0 aliphatic rings. The molecule has 2 unspecified atom stereocenters. The van der Waals surface area contributed by atoms with Crippen molar-refractivity contribution in [2.45, 2.75) is 39.1 Å². The van der Waals surface area contributed by atoms with E-state index in [-0.39, 0.29) is 5.38 Å². The van der Waals surface area contributed by atoms with Crippen molar-refractivity contribution in [3.63, 3.8) is 0 Å². The molecule has 2 aromatic rings. The normalized spacial score (nSPS) is 15.1. The van der Waals surface area contributed by atoms with Gasteiger partial charge in [-0.05, 0) is 45.5 Å². The van der Waals surface area contributed by atoms with E-state index in [1.165, 1.54) is 0 Å². The fourth-order valence-corrected chi connectivity index (χ4v) is 2.83. The second kappa shape index (κ2) is 6.32. The van der Waals surface area contributed by atoms with Gasteiger partial charge in [0.25, 0.3) is 0 Å². The number of hydrogen-bond donors (Lipinski definition) is 0. The van der Waals surface area contributed by atoms with Crippen molar-refractivity contribution in [3.05, 3.63) is 23.7 Å². The Bertz CT molecular complexity index is 616. The minimum atomic E-state index is -0.136. The molecule has 0 aromatic carbocycles. The van der Waals surface area contributed by atoms with Crippen LogP contribution in [0.3, 0.4) is 0 Å². The molecule has 2 atom stereocenters. The number of imidazole rings is 1. The van der Waals surface area contributed by atoms with Crippen molar-refractivity contribution >= 4 is 22.8 Å². The maximum atomic E-state index is 6.38. The molecule has 2 rings (SSSR count). The molecule has 0 spiro atoms. The summed E-state index contributed by atoms with van der Waals surface area (Å²) in [6.45, 7) is 9.41. The van der Waals surface area contributed by atoms with E-state index < -0.39 is 0 Å². The number of fused-ring (bicyclic) bond motifs is 1. The first-order valence-corrected chi connectivity index (χ1v) is 7.88. The number of nitrogens with zero attached hydrogens (tertiary/aromatic N) is 4. The lowest BCUT2D eigenvalue weighted by Gasteiger charge is -2.28. The monoisotopic (exact) mass is 308 g/mol. The molecule has 0 aliphatic carbocycles. The van der Waals surface area contributed by atoms with Gasteiger partial charge >= 0.3 is 0 Å². The summed E-state index contributed by atoms with van der Waals surface area (Å²) in [4.78, 5) is 11.6. The average Bonchev–Trinajstić information content (AvgIpc) is 2.73. The van der Waals surface area contributed by atoms with E-state index in [2.05, 4.69) is 48.5 Å². The minimum Gasteiger partial charge on any atom is -0.307 e. The molecule has 2 heterocycles. The van der Waals surface area contributed by atoms with Crippen LogP contribution in [-0.2, 0) is 0 Å². The molecule has 2 aromatic heterocycles. The highest BCUT2D eigenvalue weighted by molar-refractivity contribution is 6.20. The predicted octanol–water partition coefficient (Wildman–Crippen LogP) is 3.80. The first kappa shape index (κ1) is 16.2.